The molecular formula is C24H27FN2O3S. The van der Waals surface area contributed by atoms with Crippen molar-refractivity contribution >= 4 is 27.3 Å². The van der Waals surface area contributed by atoms with Crippen LogP contribution in [-0.4, -0.2) is 62.2 Å². The van der Waals surface area contributed by atoms with Gasteiger partial charge in [-0.25, -0.2) is 4.39 Å². The number of piperazine rings is 1. The van der Waals surface area contributed by atoms with Crippen molar-refractivity contribution in [3.05, 3.63) is 64.8 Å². The molecule has 0 N–H and O–H groups in total. The highest BCUT2D eigenvalue weighted by Crippen LogP contribution is 2.24. The molecule has 4 rings (SSSR count). The molecule has 1 aliphatic rings. The van der Waals surface area contributed by atoms with Gasteiger partial charge in [0.1, 0.15) is 18.2 Å². The molecule has 1 fully saturated rings. The van der Waals surface area contributed by atoms with Gasteiger partial charge in [-0.3, -0.25) is 9.69 Å². The maximum atomic E-state index is 14.2. The predicted octanol–water partition coefficient (Wildman–Crippen LogP) is 3.95. The molecule has 2 heterocycles. The number of methoxy groups -OCH3 is 1. The Balaban J connectivity index is 1.17. The number of rotatable bonds is 8. The van der Waals surface area contributed by atoms with Crippen molar-refractivity contribution in [1.29, 1.82) is 0 Å². The smallest absolute Gasteiger partial charge is 0.248 e. The number of carbonyl (C=O) groups excluding carboxylic acids is 1. The summed E-state index contributed by atoms with van der Waals surface area (Å²) in [6.07, 6.45) is 0.459. The fraction of sp³-hybridized carbons (Fsp3) is 0.375. The largest absolute Gasteiger partial charge is 0.497 e. The first-order valence-corrected chi connectivity index (χ1v) is 11.4. The standard InChI is InChI=1S/C24H27FN2O3S/c1-29-21-4-2-18(3-5-21)16-26-8-10-27(11-9-26)24(28)17-30-12-6-19-14-20-7-13-31-23(20)15-22(19)25/h2-5,7,13-15H,6,8-12,16-17H2,1H3. The molecule has 0 atom stereocenters. The van der Waals surface area contributed by atoms with E-state index in [1.807, 2.05) is 34.5 Å². The van der Waals surface area contributed by atoms with E-state index in [4.69, 9.17) is 9.47 Å². The summed E-state index contributed by atoms with van der Waals surface area (Å²) < 4.78 is 25.9. The summed E-state index contributed by atoms with van der Waals surface area (Å²) in [6.45, 7) is 4.30. The van der Waals surface area contributed by atoms with E-state index in [-0.39, 0.29) is 18.3 Å². The number of carbonyl (C=O) groups is 1. The van der Waals surface area contributed by atoms with Gasteiger partial charge in [-0.1, -0.05) is 12.1 Å². The Morgan fingerprint density at radius 1 is 1.10 bits per heavy atom. The lowest BCUT2D eigenvalue weighted by Crippen LogP contribution is -2.49. The number of fused-ring (bicyclic) bond motifs is 1. The molecule has 1 aromatic heterocycles. The molecule has 0 saturated carbocycles. The Morgan fingerprint density at radius 3 is 2.61 bits per heavy atom. The third-order valence-electron chi connectivity index (χ3n) is 5.65. The molecule has 31 heavy (non-hydrogen) atoms. The second-order valence-electron chi connectivity index (χ2n) is 7.71. The van der Waals surface area contributed by atoms with Crippen molar-refractivity contribution in [2.75, 3.05) is 46.5 Å². The Labute approximate surface area is 186 Å². The molecule has 0 bridgehead atoms. The molecule has 164 valence electrons. The summed E-state index contributed by atoms with van der Waals surface area (Å²) in [6, 6.07) is 13.5. The number of hydrogen-bond acceptors (Lipinski definition) is 5. The lowest BCUT2D eigenvalue weighted by Gasteiger charge is -2.34. The van der Waals surface area contributed by atoms with E-state index in [0.717, 1.165) is 35.5 Å². The molecule has 1 aliphatic heterocycles. The topological polar surface area (TPSA) is 42.0 Å². The van der Waals surface area contributed by atoms with Gasteiger partial charge in [-0.2, -0.15) is 0 Å². The van der Waals surface area contributed by atoms with Crippen LogP contribution in [0.5, 0.6) is 5.75 Å². The first kappa shape index (κ1) is 21.7. The molecular weight excluding hydrogens is 415 g/mol. The van der Waals surface area contributed by atoms with Crippen molar-refractivity contribution in [2.45, 2.75) is 13.0 Å². The van der Waals surface area contributed by atoms with E-state index in [1.54, 1.807) is 13.2 Å². The van der Waals surface area contributed by atoms with Crippen molar-refractivity contribution in [1.82, 2.24) is 9.80 Å². The van der Waals surface area contributed by atoms with E-state index in [0.29, 0.717) is 31.7 Å². The van der Waals surface area contributed by atoms with Gasteiger partial charge in [0.25, 0.3) is 0 Å². The van der Waals surface area contributed by atoms with Gasteiger partial charge < -0.3 is 14.4 Å². The van der Waals surface area contributed by atoms with Crippen LogP contribution in [0.25, 0.3) is 10.1 Å². The number of amides is 1. The van der Waals surface area contributed by atoms with E-state index >= 15 is 0 Å². The fourth-order valence-electron chi connectivity index (χ4n) is 3.80. The molecule has 7 heteroatoms. The van der Waals surface area contributed by atoms with Crippen LogP contribution in [-0.2, 0) is 22.5 Å². The van der Waals surface area contributed by atoms with E-state index in [2.05, 4.69) is 17.0 Å². The minimum absolute atomic E-state index is 0.00199. The SMILES string of the molecule is COc1ccc(CN2CCN(C(=O)COCCc3cc4ccsc4cc3F)CC2)cc1. The highest BCUT2D eigenvalue weighted by molar-refractivity contribution is 7.17. The monoisotopic (exact) mass is 442 g/mol. The van der Waals surface area contributed by atoms with Crippen molar-refractivity contribution in [3.8, 4) is 5.75 Å². The summed E-state index contributed by atoms with van der Waals surface area (Å²) in [7, 11) is 1.66. The number of nitrogens with zero attached hydrogens (tertiary/aromatic N) is 2. The molecule has 2 aromatic carbocycles. The molecule has 3 aromatic rings. The van der Waals surface area contributed by atoms with E-state index in [1.165, 1.54) is 16.9 Å². The van der Waals surface area contributed by atoms with Gasteiger partial charge in [0.05, 0.1) is 13.7 Å². The van der Waals surface area contributed by atoms with Crippen LogP contribution in [0.1, 0.15) is 11.1 Å². The van der Waals surface area contributed by atoms with Gasteiger partial charge in [-0.15, -0.1) is 11.3 Å². The Hall–Kier alpha value is -2.48. The van der Waals surface area contributed by atoms with Crippen LogP contribution in [0.4, 0.5) is 4.39 Å². The van der Waals surface area contributed by atoms with Crippen LogP contribution in [0.3, 0.4) is 0 Å². The summed E-state index contributed by atoms with van der Waals surface area (Å²) >= 11 is 1.53. The van der Waals surface area contributed by atoms with Gasteiger partial charge in [-0.05, 0) is 58.6 Å². The first-order valence-electron chi connectivity index (χ1n) is 10.5. The number of hydrogen-bond donors (Lipinski definition) is 0. The molecule has 0 radical (unpaired) electrons. The average molecular weight is 443 g/mol. The predicted molar refractivity (Wildman–Crippen MR) is 121 cm³/mol. The third-order valence-corrected chi connectivity index (χ3v) is 6.53. The normalized spacial score (nSPS) is 14.8. The summed E-state index contributed by atoms with van der Waals surface area (Å²) in [5.41, 5.74) is 1.86. The lowest BCUT2D eigenvalue weighted by atomic mass is 10.1. The van der Waals surface area contributed by atoms with Crippen LogP contribution in [0, 0.1) is 5.82 Å². The minimum Gasteiger partial charge on any atom is -0.497 e. The molecule has 1 amide bonds. The second-order valence-corrected chi connectivity index (χ2v) is 8.66. The number of ether oxygens (including phenoxy) is 2. The van der Waals surface area contributed by atoms with Gasteiger partial charge in [0, 0.05) is 37.4 Å². The number of thiophene rings is 1. The molecule has 0 aliphatic carbocycles. The van der Waals surface area contributed by atoms with Gasteiger partial charge >= 0.3 is 0 Å². The summed E-state index contributed by atoms with van der Waals surface area (Å²) in [5.74, 6) is 0.643. The van der Waals surface area contributed by atoms with Crippen LogP contribution in [0.15, 0.2) is 47.8 Å². The number of benzene rings is 2. The van der Waals surface area contributed by atoms with Crippen molar-refractivity contribution in [3.63, 3.8) is 0 Å². The highest BCUT2D eigenvalue weighted by Gasteiger charge is 2.21. The summed E-state index contributed by atoms with van der Waals surface area (Å²) in [5, 5.41) is 3.00. The fourth-order valence-corrected chi connectivity index (χ4v) is 4.60. The zero-order valence-corrected chi connectivity index (χ0v) is 18.5. The Kier molecular flexibility index (Phi) is 7.17. The van der Waals surface area contributed by atoms with E-state index in [9.17, 15) is 9.18 Å². The summed E-state index contributed by atoms with van der Waals surface area (Å²) in [4.78, 5) is 16.6. The molecule has 0 spiro atoms. The van der Waals surface area contributed by atoms with Crippen LogP contribution in [0.2, 0.25) is 0 Å². The first-order chi connectivity index (χ1) is 15.1. The number of halogens is 1. The zero-order chi connectivity index (χ0) is 21.6. The van der Waals surface area contributed by atoms with Crippen LogP contribution >= 0.6 is 11.3 Å². The Morgan fingerprint density at radius 2 is 1.87 bits per heavy atom. The van der Waals surface area contributed by atoms with E-state index < -0.39 is 0 Å². The quantitative estimate of drug-likeness (QED) is 0.496. The highest BCUT2D eigenvalue weighted by atomic mass is 32.1. The molecule has 5 nitrogen and oxygen atoms in total. The maximum absolute atomic E-state index is 14.2. The molecule has 0 unspecified atom stereocenters. The Bertz CT molecular complexity index is 1010. The molecule has 1 saturated heterocycles. The third kappa shape index (κ3) is 5.61. The zero-order valence-electron chi connectivity index (χ0n) is 17.7. The van der Waals surface area contributed by atoms with Crippen molar-refractivity contribution < 1.29 is 18.7 Å². The minimum atomic E-state index is -0.210. The lowest BCUT2D eigenvalue weighted by molar-refractivity contribution is -0.137. The van der Waals surface area contributed by atoms with Crippen LogP contribution < -0.4 is 4.74 Å². The average Bonchev–Trinajstić information content (AvgIpc) is 3.24. The van der Waals surface area contributed by atoms with Gasteiger partial charge in [0.2, 0.25) is 5.91 Å². The second kappa shape index (κ2) is 10.2. The van der Waals surface area contributed by atoms with Gasteiger partial charge in [0.15, 0.2) is 0 Å². The maximum Gasteiger partial charge on any atom is 0.248 e. The van der Waals surface area contributed by atoms with Crippen molar-refractivity contribution in [2.24, 2.45) is 0 Å².